The summed E-state index contributed by atoms with van der Waals surface area (Å²) in [6.07, 6.45) is 2.04. The molecule has 3 nitrogen and oxygen atoms in total. The molecule has 16 heavy (non-hydrogen) atoms. The predicted octanol–water partition coefficient (Wildman–Crippen LogP) is 1.63. The molecule has 1 fully saturated rings. The van der Waals surface area contributed by atoms with Crippen LogP contribution < -0.4 is 5.32 Å². The lowest BCUT2D eigenvalue weighted by atomic mass is 10.3. The van der Waals surface area contributed by atoms with Crippen LogP contribution >= 0.6 is 12.4 Å². The number of benzene rings is 1. The van der Waals surface area contributed by atoms with Crippen molar-refractivity contribution in [2.75, 3.05) is 12.3 Å². The van der Waals surface area contributed by atoms with Gasteiger partial charge in [0.2, 0.25) is 0 Å². The summed E-state index contributed by atoms with van der Waals surface area (Å²) in [5, 5.41) is 3.20. The lowest BCUT2D eigenvalue weighted by molar-refractivity contribution is 0.577. The van der Waals surface area contributed by atoms with E-state index in [9.17, 15) is 8.42 Å². The third-order valence-electron chi connectivity index (χ3n) is 2.69. The van der Waals surface area contributed by atoms with Crippen LogP contribution in [0.4, 0.5) is 0 Å². The van der Waals surface area contributed by atoms with Crippen LogP contribution in [-0.2, 0) is 9.84 Å². The van der Waals surface area contributed by atoms with Gasteiger partial charge in [-0.05, 0) is 31.5 Å². The lowest BCUT2D eigenvalue weighted by Crippen LogP contribution is -2.29. The summed E-state index contributed by atoms with van der Waals surface area (Å²) in [4.78, 5) is 0.429. The Labute approximate surface area is 103 Å². The summed E-state index contributed by atoms with van der Waals surface area (Å²) in [5.41, 5.74) is 0. The number of rotatable bonds is 3. The van der Waals surface area contributed by atoms with Gasteiger partial charge in [-0.25, -0.2) is 8.42 Å². The van der Waals surface area contributed by atoms with Crippen molar-refractivity contribution >= 4 is 22.2 Å². The Bertz CT molecular complexity index is 413. The Morgan fingerprint density at radius 2 is 1.94 bits per heavy atom. The molecule has 0 amide bonds. The zero-order valence-electron chi connectivity index (χ0n) is 8.93. The number of sulfone groups is 1. The van der Waals surface area contributed by atoms with E-state index in [1.807, 2.05) is 6.07 Å². The highest BCUT2D eigenvalue weighted by molar-refractivity contribution is 7.91. The quantitative estimate of drug-likeness (QED) is 0.900. The molecule has 1 heterocycles. The van der Waals surface area contributed by atoms with Crippen molar-refractivity contribution in [1.29, 1.82) is 0 Å². The number of hydrogen-bond donors (Lipinski definition) is 1. The van der Waals surface area contributed by atoms with Crippen molar-refractivity contribution in [2.45, 2.75) is 23.8 Å². The molecule has 90 valence electrons. The Hall–Kier alpha value is -0.580. The summed E-state index contributed by atoms with van der Waals surface area (Å²) < 4.78 is 23.9. The molecule has 0 spiro atoms. The van der Waals surface area contributed by atoms with E-state index in [1.54, 1.807) is 24.3 Å². The fraction of sp³-hybridized carbons (Fsp3) is 0.455. The van der Waals surface area contributed by atoms with Crippen molar-refractivity contribution in [2.24, 2.45) is 0 Å². The second kappa shape index (κ2) is 5.66. The smallest absolute Gasteiger partial charge is 0.179 e. The maximum atomic E-state index is 11.9. The van der Waals surface area contributed by atoms with Crippen LogP contribution in [0.25, 0.3) is 0 Å². The average Bonchev–Trinajstić information content (AvgIpc) is 2.71. The maximum absolute atomic E-state index is 11.9. The number of hydrogen-bond acceptors (Lipinski definition) is 3. The molecule has 1 aromatic carbocycles. The minimum absolute atomic E-state index is 0. The molecule has 1 aliphatic rings. The van der Waals surface area contributed by atoms with Crippen molar-refractivity contribution < 1.29 is 8.42 Å². The summed E-state index contributed by atoms with van der Waals surface area (Å²) >= 11 is 0. The first-order valence-corrected chi connectivity index (χ1v) is 6.85. The number of halogens is 1. The van der Waals surface area contributed by atoms with E-state index in [0.717, 1.165) is 19.4 Å². The maximum Gasteiger partial charge on any atom is 0.179 e. The monoisotopic (exact) mass is 261 g/mol. The molecule has 1 aromatic rings. The predicted molar refractivity (Wildman–Crippen MR) is 66.8 cm³/mol. The van der Waals surface area contributed by atoms with E-state index in [-0.39, 0.29) is 24.2 Å². The van der Waals surface area contributed by atoms with Crippen LogP contribution in [0.3, 0.4) is 0 Å². The normalized spacial score (nSPS) is 20.4. The molecule has 0 bridgehead atoms. The van der Waals surface area contributed by atoms with Crippen LogP contribution in [0.15, 0.2) is 35.2 Å². The van der Waals surface area contributed by atoms with Gasteiger partial charge in [-0.3, -0.25) is 0 Å². The van der Waals surface area contributed by atoms with Gasteiger partial charge < -0.3 is 5.32 Å². The Morgan fingerprint density at radius 3 is 2.50 bits per heavy atom. The van der Waals surface area contributed by atoms with E-state index < -0.39 is 9.84 Å². The Kier molecular flexibility index (Phi) is 4.77. The molecular weight excluding hydrogens is 246 g/mol. The lowest BCUT2D eigenvalue weighted by Gasteiger charge is -2.10. The summed E-state index contributed by atoms with van der Waals surface area (Å²) in [6.45, 7) is 0.939. The molecule has 0 aliphatic carbocycles. The molecular formula is C11H16ClNO2S. The fourth-order valence-corrected chi connectivity index (χ4v) is 3.47. The SMILES string of the molecule is Cl.O=S(=O)(CC1CCCN1)c1ccccc1. The molecule has 1 aliphatic heterocycles. The Balaban J connectivity index is 0.00000128. The standard InChI is InChI=1S/C11H15NO2S.ClH/c13-15(14,9-10-5-4-8-12-10)11-6-2-1-3-7-11;/h1-3,6-7,10,12H,4-5,8-9H2;1H. The molecule has 1 unspecified atom stereocenters. The fourth-order valence-electron chi connectivity index (χ4n) is 1.89. The van der Waals surface area contributed by atoms with E-state index in [2.05, 4.69) is 5.32 Å². The highest BCUT2D eigenvalue weighted by atomic mass is 35.5. The van der Waals surface area contributed by atoms with Crippen molar-refractivity contribution in [3.8, 4) is 0 Å². The van der Waals surface area contributed by atoms with Gasteiger partial charge >= 0.3 is 0 Å². The van der Waals surface area contributed by atoms with Gasteiger partial charge in [0.05, 0.1) is 10.6 Å². The first-order chi connectivity index (χ1) is 7.18. The molecule has 0 aromatic heterocycles. The molecule has 0 saturated carbocycles. The second-order valence-electron chi connectivity index (χ2n) is 3.89. The van der Waals surface area contributed by atoms with Crippen LogP contribution in [-0.4, -0.2) is 26.8 Å². The summed E-state index contributed by atoms with van der Waals surface area (Å²) in [5.74, 6) is 0.219. The third kappa shape index (κ3) is 3.20. The summed E-state index contributed by atoms with van der Waals surface area (Å²) in [7, 11) is -3.11. The Morgan fingerprint density at radius 1 is 1.25 bits per heavy atom. The van der Waals surface area contributed by atoms with Gasteiger partial charge in [0.15, 0.2) is 9.84 Å². The molecule has 1 N–H and O–H groups in total. The summed E-state index contributed by atoms with van der Waals surface area (Å²) in [6, 6.07) is 8.79. The van der Waals surface area contributed by atoms with Gasteiger partial charge in [0.1, 0.15) is 0 Å². The molecule has 1 saturated heterocycles. The van der Waals surface area contributed by atoms with E-state index in [1.165, 1.54) is 0 Å². The highest BCUT2D eigenvalue weighted by Gasteiger charge is 2.23. The zero-order chi connectivity index (χ0) is 10.7. The van der Waals surface area contributed by atoms with Crippen molar-refractivity contribution in [3.05, 3.63) is 30.3 Å². The topological polar surface area (TPSA) is 46.2 Å². The van der Waals surface area contributed by atoms with Crippen molar-refractivity contribution in [1.82, 2.24) is 5.32 Å². The van der Waals surface area contributed by atoms with Gasteiger partial charge in [-0.15, -0.1) is 12.4 Å². The van der Waals surface area contributed by atoms with Crippen molar-refractivity contribution in [3.63, 3.8) is 0 Å². The van der Waals surface area contributed by atoms with Crippen LogP contribution in [0.5, 0.6) is 0 Å². The minimum atomic E-state index is -3.11. The van der Waals surface area contributed by atoms with Gasteiger partial charge in [-0.1, -0.05) is 18.2 Å². The van der Waals surface area contributed by atoms with E-state index in [4.69, 9.17) is 0 Å². The zero-order valence-corrected chi connectivity index (χ0v) is 10.6. The first kappa shape index (κ1) is 13.5. The largest absolute Gasteiger partial charge is 0.313 e. The van der Waals surface area contributed by atoms with E-state index in [0.29, 0.717) is 4.90 Å². The van der Waals surface area contributed by atoms with Gasteiger partial charge in [0.25, 0.3) is 0 Å². The number of nitrogens with one attached hydrogen (secondary N) is 1. The van der Waals surface area contributed by atoms with Crippen LogP contribution in [0.2, 0.25) is 0 Å². The first-order valence-electron chi connectivity index (χ1n) is 5.20. The molecule has 0 radical (unpaired) electrons. The minimum Gasteiger partial charge on any atom is -0.313 e. The van der Waals surface area contributed by atoms with Crippen LogP contribution in [0.1, 0.15) is 12.8 Å². The third-order valence-corrected chi connectivity index (χ3v) is 4.52. The second-order valence-corrected chi connectivity index (χ2v) is 5.92. The van der Waals surface area contributed by atoms with E-state index >= 15 is 0 Å². The van der Waals surface area contributed by atoms with Crippen LogP contribution in [0, 0.1) is 0 Å². The molecule has 2 rings (SSSR count). The average molecular weight is 262 g/mol. The van der Waals surface area contributed by atoms with Gasteiger partial charge in [-0.2, -0.15) is 0 Å². The molecule has 5 heteroatoms. The molecule has 1 atom stereocenters. The highest BCUT2D eigenvalue weighted by Crippen LogP contribution is 2.15. The van der Waals surface area contributed by atoms with Gasteiger partial charge in [0, 0.05) is 6.04 Å².